The lowest BCUT2D eigenvalue weighted by molar-refractivity contribution is 0.0944. The van der Waals surface area contributed by atoms with Crippen LogP contribution in [0.3, 0.4) is 0 Å². The van der Waals surface area contributed by atoms with Gasteiger partial charge in [-0.2, -0.15) is 5.10 Å². The maximum Gasteiger partial charge on any atom is 0.273 e. The molecule has 0 unspecified atom stereocenters. The second-order valence-electron chi connectivity index (χ2n) is 4.55. The molecule has 1 amide bonds. The number of thiophene rings is 1. The van der Waals surface area contributed by atoms with Gasteiger partial charge in [-0.05, 0) is 46.6 Å². The third kappa shape index (κ3) is 2.60. The van der Waals surface area contributed by atoms with E-state index in [1.54, 1.807) is 11.3 Å². The number of carbonyl (C=O) groups excluding carboxylic acids is 1. The number of aromatic nitrogens is 2. The van der Waals surface area contributed by atoms with Crippen molar-refractivity contribution in [3.8, 4) is 0 Å². The largest absolute Gasteiger partial charge is 0.346 e. The molecular formula is C13H14BrN3OS. The zero-order chi connectivity index (χ0) is 13.2. The summed E-state index contributed by atoms with van der Waals surface area (Å²) in [7, 11) is 0. The van der Waals surface area contributed by atoms with Crippen LogP contribution in [-0.2, 0) is 19.5 Å². The molecular weight excluding hydrogens is 326 g/mol. The maximum atomic E-state index is 12.2. The number of aryl methyl sites for hydroxylation is 1. The molecule has 19 heavy (non-hydrogen) atoms. The highest BCUT2D eigenvalue weighted by molar-refractivity contribution is 9.10. The third-order valence-corrected chi connectivity index (χ3v) is 4.96. The van der Waals surface area contributed by atoms with E-state index in [0.717, 1.165) is 34.4 Å². The first-order chi connectivity index (χ1) is 9.25. The van der Waals surface area contributed by atoms with Crippen molar-refractivity contribution in [1.82, 2.24) is 15.1 Å². The standard InChI is InChI=1S/C13H14BrN3OS/c14-11-10-5-1-2-6-17(10)16-12(11)13(18)15-8-9-4-3-7-19-9/h3-4,7H,1-2,5-6,8H2,(H,15,18). The quantitative estimate of drug-likeness (QED) is 0.934. The summed E-state index contributed by atoms with van der Waals surface area (Å²) >= 11 is 5.15. The Labute approximate surface area is 123 Å². The van der Waals surface area contributed by atoms with Crippen molar-refractivity contribution in [2.45, 2.75) is 32.4 Å². The minimum Gasteiger partial charge on any atom is -0.346 e. The number of hydrogen-bond acceptors (Lipinski definition) is 3. The summed E-state index contributed by atoms with van der Waals surface area (Å²) in [5, 5.41) is 9.33. The summed E-state index contributed by atoms with van der Waals surface area (Å²) in [5.41, 5.74) is 1.65. The Kier molecular flexibility index (Phi) is 3.70. The van der Waals surface area contributed by atoms with Crippen LogP contribution in [0.2, 0.25) is 0 Å². The highest BCUT2D eigenvalue weighted by atomic mass is 79.9. The molecule has 0 saturated heterocycles. The topological polar surface area (TPSA) is 46.9 Å². The van der Waals surface area contributed by atoms with Gasteiger partial charge in [0, 0.05) is 11.4 Å². The molecule has 0 radical (unpaired) electrons. The first-order valence-electron chi connectivity index (χ1n) is 6.31. The van der Waals surface area contributed by atoms with E-state index in [1.807, 2.05) is 22.2 Å². The first kappa shape index (κ1) is 12.9. The minimum atomic E-state index is -0.109. The number of amides is 1. The van der Waals surface area contributed by atoms with Gasteiger partial charge in [-0.3, -0.25) is 9.48 Å². The zero-order valence-corrected chi connectivity index (χ0v) is 12.8. The molecule has 0 aliphatic carbocycles. The predicted octanol–water partition coefficient (Wildman–Crippen LogP) is 2.97. The van der Waals surface area contributed by atoms with Gasteiger partial charge in [0.1, 0.15) is 0 Å². The SMILES string of the molecule is O=C(NCc1cccs1)c1nn2c(c1Br)CCCC2. The summed E-state index contributed by atoms with van der Waals surface area (Å²) in [6, 6.07) is 4.00. The highest BCUT2D eigenvalue weighted by Crippen LogP contribution is 2.26. The first-order valence-corrected chi connectivity index (χ1v) is 7.99. The number of fused-ring (bicyclic) bond motifs is 1. The molecule has 3 rings (SSSR count). The fourth-order valence-electron chi connectivity index (χ4n) is 2.26. The van der Waals surface area contributed by atoms with Crippen LogP contribution in [0.15, 0.2) is 22.0 Å². The Hall–Kier alpha value is -1.14. The lowest BCUT2D eigenvalue weighted by atomic mass is 10.1. The lowest BCUT2D eigenvalue weighted by Crippen LogP contribution is -2.23. The van der Waals surface area contributed by atoms with Crippen LogP contribution in [-0.4, -0.2) is 15.7 Å². The van der Waals surface area contributed by atoms with Gasteiger partial charge in [-0.1, -0.05) is 6.07 Å². The van der Waals surface area contributed by atoms with Crippen LogP contribution in [0.4, 0.5) is 0 Å². The fourth-order valence-corrected chi connectivity index (χ4v) is 3.57. The fraction of sp³-hybridized carbons (Fsp3) is 0.385. The summed E-state index contributed by atoms with van der Waals surface area (Å²) in [6.45, 7) is 1.47. The Bertz CT molecular complexity index is 591. The van der Waals surface area contributed by atoms with Crippen molar-refractivity contribution >= 4 is 33.2 Å². The number of nitrogens with zero attached hydrogens (tertiary/aromatic N) is 2. The van der Waals surface area contributed by atoms with Gasteiger partial charge in [-0.25, -0.2) is 0 Å². The van der Waals surface area contributed by atoms with Crippen molar-refractivity contribution in [2.24, 2.45) is 0 Å². The molecule has 3 heterocycles. The Morgan fingerprint density at radius 3 is 3.16 bits per heavy atom. The molecule has 0 fully saturated rings. The molecule has 0 spiro atoms. The summed E-state index contributed by atoms with van der Waals surface area (Å²) in [4.78, 5) is 13.3. The normalized spacial score (nSPS) is 14.2. The van der Waals surface area contributed by atoms with Crippen LogP contribution in [0.5, 0.6) is 0 Å². The Balaban J connectivity index is 1.74. The summed E-state index contributed by atoms with van der Waals surface area (Å²) in [5.74, 6) is -0.109. The van der Waals surface area contributed by atoms with Gasteiger partial charge in [0.25, 0.3) is 5.91 Å². The van der Waals surface area contributed by atoms with E-state index in [9.17, 15) is 4.79 Å². The van der Waals surface area contributed by atoms with Crippen molar-refractivity contribution < 1.29 is 4.79 Å². The lowest BCUT2D eigenvalue weighted by Gasteiger charge is -2.12. The molecule has 0 aromatic carbocycles. The van der Waals surface area contributed by atoms with Gasteiger partial charge < -0.3 is 5.32 Å². The summed E-state index contributed by atoms with van der Waals surface area (Å²) < 4.78 is 2.81. The van der Waals surface area contributed by atoms with Crippen molar-refractivity contribution in [3.05, 3.63) is 38.3 Å². The van der Waals surface area contributed by atoms with Crippen molar-refractivity contribution in [3.63, 3.8) is 0 Å². The van der Waals surface area contributed by atoms with Gasteiger partial charge in [-0.15, -0.1) is 11.3 Å². The average Bonchev–Trinajstić information content (AvgIpc) is 3.05. The molecule has 4 nitrogen and oxygen atoms in total. The molecule has 0 atom stereocenters. The van der Waals surface area contributed by atoms with Crippen LogP contribution >= 0.6 is 27.3 Å². The van der Waals surface area contributed by atoms with Gasteiger partial charge in [0.05, 0.1) is 16.7 Å². The second-order valence-corrected chi connectivity index (χ2v) is 6.38. The number of hydrogen-bond donors (Lipinski definition) is 1. The number of rotatable bonds is 3. The molecule has 1 N–H and O–H groups in total. The van der Waals surface area contributed by atoms with E-state index in [-0.39, 0.29) is 5.91 Å². The molecule has 100 valence electrons. The molecule has 2 aromatic heterocycles. The van der Waals surface area contributed by atoms with E-state index in [4.69, 9.17) is 0 Å². The van der Waals surface area contributed by atoms with Gasteiger partial charge in [0.2, 0.25) is 0 Å². The second kappa shape index (κ2) is 5.46. The Morgan fingerprint density at radius 1 is 1.53 bits per heavy atom. The van der Waals surface area contributed by atoms with Crippen molar-refractivity contribution in [2.75, 3.05) is 0 Å². The van der Waals surface area contributed by atoms with Crippen molar-refractivity contribution in [1.29, 1.82) is 0 Å². The highest BCUT2D eigenvalue weighted by Gasteiger charge is 2.22. The molecule has 2 aromatic rings. The molecule has 1 aliphatic heterocycles. The summed E-state index contributed by atoms with van der Waals surface area (Å²) in [6.07, 6.45) is 3.30. The number of nitrogens with one attached hydrogen (secondary N) is 1. The molecule has 6 heteroatoms. The molecule has 0 saturated carbocycles. The van der Waals surface area contributed by atoms with E-state index >= 15 is 0 Å². The van der Waals surface area contributed by atoms with Crippen LogP contribution in [0.25, 0.3) is 0 Å². The third-order valence-electron chi connectivity index (χ3n) is 3.25. The van der Waals surface area contributed by atoms with Crippen LogP contribution in [0, 0.1) is 0 Å². The van der Waals surface area contributed by atoms with Crippen LogP contribution in [0.1, 0.15) is 33.9 Å². The number of halogens is 1. The van der Waals surface area contributed by atoms with E-state index < -0.39 is 0 Å². The number of carbonyl (C=O) groups is 1. The van der Waals surface area contributed by atoms with Gasteiger partial charge in [0.15, 0.2) is 5.69 Å². The van der Waals surface area contributed by atoms with Crippen LogP contribution < -0.4 is 5.32 Å². The monoisotopic (exact) mass is 339 g/mol. The maximum absolute atomic E-state index is 12.2. The van der Waals surface area contributed by atoms with E-state index in [1.165, 1.54) is 6.42 Å². The molecule has 0 bridgehead atoms. The minimum absolute atomic E-state index is 0.109. The smallest absolute Gasteiger partial charge is 0.273 e. The van der Waals surface area contributed by atoms with E-state index in [2.05, 4.69) is 26.3 Å². The van der Waals surface area contributed by atoms with E-state index in [0.29, 0.717) is 12.2 Å². The molecule has 1 aliphatic rings. The predicted molar refractivity (Wildman–Crippen MR) is 78.4 cm³/mol. The van der Waals surface area contributed by atoms with Gasteiger partial charge >= 0.3 is 0 Å². The Morgan fingerprint density at radius 2 is 2.42 bits per heavy atom. The zero-order valence-electron chi connectivity index (χ0n) is 10.4. The average molecular weight is 340 g/mol.